The first kappa shape index (κ1) is 21.0. The van der Waals surface area contributed by atoms with Crippen molar-refractivity contribution < 1.29 is 19.2 Å². The lowest BCUT2D eigenvalue weighted by Crippen LogP contribution is -2.26. The molecule has 0 aliphatic rings. The van der Waals surface area contributed by atoms with E-state index in [1.54, 1.807) is 19.2 Å². The van der Waals surface area contributed by atoms with E-state index < -0.39 is 10.8 Å². The van der Waals surface area contributed by atoms with Crippen LogP contribution in [0.3, 0.4) is 0 Å². The van der Waals surface area contributed by atoms with Crippen LogP contribution in [0.4, 0.5) is 11.4 Å². The number of hydrogen-bond acceptors (Lipinski definition) is 6. The number of nitro groups is 1. The van der Waals surface area contributed by atoms with Gasteiger partial charge in [-0.1, -0.05) is 6.07 Å². The van der Waals surface area contributed by atoms with Gasteiger partial charge in [0.15, 0.2) is 11.5 Å². The third kappa shape index (κ3) is 4.91. The summed E-state index contributed by atoms with van der Waals surface area (Å²) in [5.74, 6) is 0.854. The molecule has 1 atom stereocenters. The van der Waals surface area contributed by atoms with Crippen LogP contribution in [0.5, 0.6) is 11.5 Å². The zero-order valence-corrected chi connectivity index (χ0v) is 16.4. The molecular formula is C20H25N3O5. The Kier molecular flexibility index (Phi) is 7.20. The van der Waals surface area contributed by atoms with E-state index in [-0.39, 0.29) is 17.3 Å². The highest BCUT2D eigenvalue weighted by molar-refractivity contribution is 5.96. The van der Waals surface area contributed by atoms with Gasteiger partial charge in [0.25, 0.3) is 11.6 Å². The van der Waals surface area contributed by atoms with Gasteiger partial charge in [0.2, 0.25) is 0 Å². The monoisotopic (exact) mass is 387 g/mol. The maximum Gasteiger partial charge on any atom is 0.293 e. The van der Waals surface area contributed by atoms with Crippen molar-refractivity contribution in [2.24, 2.45) is 0 Å². The Balaban J connectivity index is 2.21. The summed E-state index contributed by atoms with van der Waals surface area (Å²) in [5, 5.41) is 16.8. The molecule has 28 heavy (non-hydrogen) atoms. The maximum atomic E-state index is 12.6. The van der Waals surface area contributed by atoms with Crippen molar-refractivity contribution in [3.05, 3.63) is 57.6 Å². The van der Waals surface area contributed by atoms with Gasteiger partial charge in [-0.05, 0) is 50.6 Å². The maximum absolute atomic E-state index is 12.6. The first-order valence-corrected chi connectivity index (χ1v) is 9.07. The second kappa shape index (κ2) is 9.59. The summed E-state index contributed by atoms with van der Waals surface area (Å²) in [5.41, 5.74) is 1.25. The molecule has 150 valence electrons. The molecule has 2 N–H and O–H groups in total. The molecule has 8 nitrogen and oxygen atoms in total. The number of benzene rings is 2. The average Bonchev–Trinajstić information content (AvgIpc) is 2.68. The summed E-state index contributed by atoms with van der Waals surface area (Å²) in [4.78, 5) is 23.2. The van der Waals surface area contributed by atoms with Crippen molar-refractivity contribution in [1.29, 1.82) is 0 Å². The third-order valence-corrected chi connectivity index (χ3v) is 4.14. The van der Waals surface area contributed by atoms with E-state index in [0.717, 1.165) is 5.56 Å². The third-order valence-electron chi connectivity index (χ3n) is 4.14. The largest absolute Gasteiger partial charge is 0.490 e. The topological polar surface area (TPSA) is 103 Å². The molecule has 0 aliphatic carbocycles. The minimum atomic E-state index is -0.521. The van der Waals surface area contributed by atoms with Gasteiger partial charge in [0.05, 0.1) is 24.2 Å². The highest BCUT2D eigenvalue weighted by Crippen LogP contribution is 2.31. The number of carbonyl (C=O) groups is 1. The molecule has 0 bridgehead atoms. The number of rotatable bonds is 9. The molecule has 0 fully saturated rings. The van der Waals surface area contributed by atoms with Gasteiger partial charge in [0, 0.05) is 18.7 Å². The fourth-order valence-corrected chi connectivity index (χ4v) is 2.74. The summed E-state index contributed by atoms with van der Waals surface area (Å²) in [7, 11) is 1.59. The molecule has 0 saturated carbocycles. The van der Waals surface area contributed by atoms with E-state index in [4.69, 9.17) is 9.47 Å². The van der Waals surface area contributed by atoms with E-state index in [1.165, 1.54) is 12.1 Å². The second-order valence-electron chi connectivity index (χ2n) is 6.01. The van der Waals surface area contributed by atoms with Crippen molar-refractivity contribution >= 4 is 17.3 Å². The molecule has 1 amide bonds. The number of nitro benzene ring substituents is 1. The van der Waals surface area contributed by atoms with E-state index in [0.29, 0.717) is 30.4 Å². The normalized spacial score (nSPS) is 11.4. The lowest BCUT2D eigenvalue weighted by Gasteiger charge is -2.17. The van der Waals surface area contributed by atoms with Crippen molar-refractivity contribution in [2.45, 2.75) is 26.8 Å². The van der Waals surface area contributed by atoms with Crippen LogP contribution in [0.25, 0.3) is 0 Å². The van der Waals surface area contributed by atoms with Crippen LogP contribution < -0.4 is 20.1 Å². The highest BCUT2D eigenvalue weighted by Gasteiger charge is 2.19. The van der Waals surface area contributed by atoms with Gasteiger partial charge >= 0.3 is 0 Å². The van der Waals surface area contributed by atoms with Crippen LogP contribution in [0.15, 0.2) is 36.4 Å². The zero-order chi connectivity index (χ0) is 20.7. The average molecular weight is 387 g/mol. The Morgan fingerprint density at radius 1 is 1.11 bits per heavy atom. The molecule has 0 aromatic heterocycles. The van der Waals surface area contributed by atoms with Crippen molar-refractivity contribution in [2.75, 3.05) is 25.6 Å². The second-order valence-corrected chi connectivity index (χ2v) is 6.01. The minimum absolute atomic E-state index is 0.150. The number of amides is 1. The van der Waals surface area contributed by atoms with Crippen molar-refractivity contribution in [3.63, 3.8) is 0 Å². The van der Waals surface area contributed by atoms with Crippen LogP contribution in [-0.2, 0) is 0 Å². The number of carbonyl (C=O) groups excluding carboxylic acids is 1. The Labute approximate surface area is 164 Å². The lowest BCUT2D eigenvalue weighted by molar-refractivity contribution is -0.384. The molecule has 0 radical (unpaired) electrons. The summed E-state index contributed by atoms with van der Waals surface area (Å²) < 4.78 is 11.2. The Morgan fingerprint density at radius 3 is 2.39 bits per heavy atom. The summed E-state index contributed by atoms with van der Waals surface area (Å²) in [6.07, 6.45) is 0. The number of ether oxygens (including phenoxy) is 2. The van der Waals surface area contributed by atoms with E-state index in [1.807, 2.05) is 32.9 Å². The van der Waals surface area contributed by atoms with Crippen molar-refractivity contribution in [3.8, 4) is 11.5 Å². The molecule has 2 rings (SSSR count). The standard InChI is InChI=1S/C20H25N3O5/c1-5-27-18-10-8-14(12-19(18)28-6-2)13(3)22-20(24)15-7-9-16(21-4)17(11-15)23(25)26/h7-13,21H,5-6H2,1-4H3,(H,22,24). The van der Waals surface area contributed by atoms with Crippen molar-refractivity contribution in [1.82, 2.24) is 5.32 Å². The SMILES string of the molecule is CCOc1ccc(C(C)NC(=O)c2ccc(NC)c([N+](=O)[O-])c2)cc1OCC. The first-order chi connectivity index (χ1) is 13.4. The first-order valence-electron chi connectivity index (χ1n) is 9.07. The fourth-order valence-electron chi connectivity index (χ4n) is 2.74. The van der Waals surface area contributed by atoms with Gasteiger partial charge in [-0.25, -0.2) is 0 Å². The summed E-state index contributed by atoms with van der Waals surface area (Å²) >= 11 is 0. The number of nitrogens with one attached hydrogen (secondary N) is 2. The Morgan fingerprint density at radius 2 is 1.79 bits per heavy atom. The zero-order valence-electron chi connectivity index (χ0n) is 16.4. The molecule has 1 unspecified atom stereocenters. The number of nitrogens with zero attached hydrogens (tertiary/aromatic N) is 1. The predicted octanol–water partition coefficient (Wildman–Crippen LogP) is 3.92. The van der Waals surface area contributed by atoms with Crippen LogP contribution in [0.1, 0.15) is 42.7 Å². The molecule has 0 aliphatic heterocycles. The van der Waals surface area contributed by atoms with Gasteiger partial charge in [-0.3, -0.25) is 14.9 Å². The lowest BCUT2D eigenvalue weighted by atomic mass is 10.1. The van der Waals surface area contributed by atoms with E-state index >= 15 is 0 Å². The molecular weight excluding hydrogens is 362 g/mol. The molecule has 2 aromatic carbocycles. The van der Waals surface area contributed by atoms with Gasteiger partial charge in [-0.15, -0.1) is 0 Å². The molecule has 0 saturated heterocycles. The Hall–Kier alpha value is -3.29. The summed E-state index contributed by atoms with van der Waals surface area (Å²) in [6.45, 7) is 6.62. The fraction of sp³-hybridized carbons (Fsp3) is 0.350. The van der Waals surface area contributed by atoms with E-state index in [9.17, 15) is 14.9 Å². The minimum Gasteiger partial charge on any atom is -0.490 e. The Bertz CT molecular complexity index is 854. The molecule has 8 heteroatoms. The predicted molar refractivity (Wildman–Crippen MR) is 107 cm³/mol. The summed E-state index contributed by atoms with van der Waals surface area (Å²) in [6, 6.07) is 9.48. The number of hydrogen-bond donors (Lipinski definition) is 2. The molecule has 2 aromatic rings. The van der Waals surface area contributed by atoms with Gasteiger partial charge < -0.3 is 20.1 Å². The van der Waals surface area contributed by atoms with Crippen LogP contribution in [0, 0.1) is 10.1 Å². The van der Waals surface area contributed by atoms with Crippen LogP contribution in [0.2, 0.25) is 0 Å². The number of anilines is 1. The van der Waals surface area contributed by atoms with Crippen LogP contribution >= 0.6 is 0 Å². The smallest absolute Gasteiger partial charge is 0.293 e. The van der Waals surface area contributed by atoms with Gasteiger partial charge in [0.1, 0.15) is 5.69 Å². The highest BCUT2D eigenvalue weighted by atomic mass is 16.6. The quantitative estimate of drug-likeness (QED) is 0.499. The van der Waals surface area contributed by atoms with Gasteiger partial charge in [-0.2, -0.15) is 0 Å². The van der Waals surface area contributed by atoms with E-state index in [2.05, 4.69) is 10.6 Å². The molecule has 0 spiro atoms. The van der Waals surface area contributed by atoms with Crippen LogP contribution in [-0.4, -0.2) is 31.1 Å². The molecule has 0 heterocycles.